The fourth-order valence-electron chi connectivity index (χ4n) is 3.06. The van der Waals surface area contributed by atoms with Crippen molar-refractivity contribution >= 4 is 22.9 Å². The third-order valence-electron chi connectivity index (χ3n) is 4.12. The molecule has 0 saturated carbocycles. The van der Waals surface area contributed by atoms with Gasteiger partial charge in [0.05, 0.1) is 4.34 Å². The van der Waals surface area contributed by atoms with E-state index in [9.17, 15) is 4.39 Å². The van der Waals surface area contributed by atoms with E-state index in [0.29, 0.717) is 12.0 Å². The second kappa shape index (κ2) is 6.07. The summed E-state index contributed by atoms with van der Waals surface area (Å²) in [6, 6.07) is 9.49. The molecule has 0 radical (unpaired) electrons. The van der Waals surface area contributed by atoms with Gasteiger partial charge in [-0.3, -0.25) is 0 Å². The van der Waals surface area contributed by atoms with E-state index >= 15 is 0 Å². The maximum absolute atomic E-state index is 13.1. The zero-order valence-corrected chi connectivity index (χ0v) is 13.8. The molecular formula is C17H19ClFNS. The quantitative estimate of drug-likeness (QED) is 0.781. The number of aryl methyl sites for hydroxylation is 1. The van der Waals surface area contributed by atoms with Crippen molar-refractivity contribution in [2.45, 2.75) is 38.8 Å². The molecule has 0 aliphatic heterocycles. The van der Waals surface area contributed by atoms with Gasteiger partial charge in [0.15, 0.2) is 0 Å². The lowest BCUT2D eigenvalue weighted by Gasteiger charge is -2.27. The molecule has 1 N–H and O–H groups in total. The average Bonchev–Trinajstić information content (AvgIpc) is 2.97. The topological polar surface area (TPSA) is 12.0 Å². The molecule has 4 heteroatoms. The molecule has 0 fully saturated rings. The van der Waals surface area contributed by atoms with Gasteiger partial charge < -0.3 is 5.32 Å². The summed E-state index contributed by atoms with van der Waals surface area (Å²) in [6.07, 6.45) is 2.21. The second-order valence-electron chi connectivity index (χ2n) is 5.96. The zero-order chi connectivity index (χ0) is 15.0. The van der Waals surface area contributed by atoms with Gasteiger partial charge in [0.1, 0.15) is 5.82 Å². The van der Waals surface area contributed by atoms with Crippen LogP contribution in [-0.2, 0) is 6.42 Å². The molecule has 1 aliphatic carbocycles. The predicted molar refractivity (Wildman–Crippen MR) is 87.5 cm³/mol. The highest BCUT2D eigenvalue weighted by Gasteiger charge is 2.28. The van der Waals surface area contributed by atoms with Gasteiger partial charge in [0.25, 0.3) is 0 Å². The maximum atomic E-state index is 13.1. The van der Waals surface area contributed by atoms with Crippen LogP contribution in [0.5, 0.6) is 0 Å². The molecule has 0 amide bonds. The Morgan fingerprint density at radius 3 is 2.67 bits per heavy atom. The fraction of sp³-hybridized carbons (Fsp3) is 0.412. The van der Waals surface area contributed by atoms with Crippen molar-refractivity contribution in [2.24, 2.45) is 5.92 Å². The van der Waals surface area contributed by atoms with Crippen molar-refractivity contribution in [3.63, 3.8) is 0 Å². The van der Waals surface area contributed by atoms with E-state index in [1.807, 2.05) is 12.1 Å². The van der Waals surface area contributed by atoms with Gasteiger partial charge in [-0.15, -0.1) is 11.3 Å². The van der Waals surface area contributed by atoms with Crippen molar-refractivity contribution < 1.29 is 4.39 Å². The van der Waals surface area contributed by atoms with Crippen LogP contribution in [0, 0.1) is 11.7 Å². The summed E-state index contributed by atoms with van der Waals surface area (Å²) in [5, 5.41) is 3.75. The lowest BCUT2D eigenvalue weighted by Crippen LogP contribution is -2.28. The molecule has 2 unspecified atom stereocenters. The Kier molecular flexibility index (Phi) is 4.34. The van der Waals surface area contributed by atoms with Crippen molar-refractivity contribution in [1.82, 2.24) is 5.32 Å². The predicted octanol–water partition coefficient (Wildman–Crippen LogP) is 5.51. The summed E-state index contributed by atoms with van der Waals surface area (Å²) < 4.78 is 14.0. The van der Waals surface area contributed by atoms with Crippen LogP contribution in [0.15, 0.2) is 30.3 Å². The van der Waals surface area contributed by atoms with Gasteiger partial charge in [0.2, 0.25) is 0 Å². The Hall–Kier alpha value is -0.900. The van der Waals surface area contributed by atoms with Crippen LogP contribution in [0.2, 0.25) is 4.34 Å². The van der Waals surface area contributed by atoms with E-state index < -0.39 is 0 Å². The smallest absolute Gasteiger partial charge is 0.123 e. The van der Waals surface area contributed by atoms with E-state index in [1.165, 1.54) is 22.6 Å². The summed E-state index contributed by atoms with van der Waals surface area (Å²) in [7, 11) is 0. The van der Waals surface area contributed by atoms with Gasteiger partial charge >= 0.3 is 0 Å². The van der Waals surface area contributed by atoms with Gasteiger partial charge in [-0.25, -0.2) is 4.39 Å². The van der Waals surface area contributed by atoms with Gasteiger partial charge in [-0.05, 0) is 48.1 Å². The van der Waals surface area contributed by atoms with Crippen LogP contribution in [0.1, 0.15) is 48.4 Å². The minimum Gasteiger partial charge on any atom is -0.303 e. The monoisotopic (exact) mass is 323 g/mol. The van der Waals surface area contributed by atoms with Crippen LogP contribution < -0.4 is 5.32 Å². The van der Waals surface area contributed by atoms with Crippen LogP contribution in [0.25, 0.3) is 0 Å². The number of rotatable bonds is 4. The number of benzene rings is 1. The molecule has 1 aromatic carbocycles. The van der Waals surface area contributed by atoms with Gasteiger partial charge in [0, 0.05) is 17.0 Å². The largest absolute Gasteiger partial charge is 0.303 e. The van der Waals surface area contributed by atoms with Crippen molar-refractivity contribution in [2.75, 3.05) is 0 Å². The molecule has 1 aliphatic rings. The third-order valence-corrected chi connectivity index (χ3v) is 5.46. The van der Waals surface area contributed by atoms with E-state index in [2.05, 4.69) is 25.2 Å². The lowest BCUT2D eigenvalue weighted by molar-refractivity contribution is 0.361. The molecule has 2 aromatic rings. The number of nitrogens with one attached hydrogen (secondary N) is 1. The number of hydrogen-bond acceptors (Lipinski definition) is 2. The Labute approximate surface area is 134 Å². The summed E-state index contributed by atoms with van der Waals surface area (Å²) in [4.78, 5) is 1.40. The average molecular weight is 324 g/mol. The highest BCUT2D eigenvalue weighted by Crippen LogP contribution is 2.41. The molecule has 0 saturated heterocycles. The first-order chi connectivity index (χ1) is 10.0. The Bertz CT molecular complexity index is 620. The minimum atomic E-state index is -0.186. The number of halogens is 2. The van der Waals surface area contributed by atoms with Gasteiger partial charge in [-0.2, -0.15) is 0 Å². The molecular weight excluding hydrogens is 305 g/mol. The van der Waals surface area contributed by atoms with Crippen LogP contribution in [0.3, 0.4) is 0 Å². The standard InChI is InChI=1S/C17H19ClFNS/c1-10(2)17(11-3-5-12(19)6-4-11)20-14-7-8-15-13(14)9-16(18)21-15/h3-6,9-10,14,17,20H,7-8H2,1-2H3. The van der Waals surface area contributed by atoms with Crippen LogP contribution in [0.4, 0.5) is 4.39 Å². The first-order valence-electron chi connectivity index (χ1n) is 7.34. The van der Waals surface area contributed by atoms with Crippen molar-refractivity contribution in [3.05, 3.63) is 56.5 Å². The van der Waals surface area contributed by atoms with E-state index in [-0.39, 0.29) is 11.9 Å². The molecule has 1 aromatic heterocycles. The van der Waals surface area contributed by atoms with E-state index in [0.717, 1.165) is 22.7 Å². The van der Waals surface area contributed by atoms with E-state index in [4.69, 9.17) is 11.6 Å². The summed E-state index contributed by atoms with van der Waals surface area (Å²) >= 11 is 7.82. The second-order valence-corrected chi connectivity index (χ2v) is 7.73. The Morgan fingerprint density at radius 2 is 2.00 bits per heavy atom. The van der Waals surface area contributed by atoms with Crippen LogP contribution in [-0.4, -0.2) is 0 Å². The number of thiophene rings is 1. The molecule has 2 atom stereocenters. The first-order valence-corrected chi connectivity index (χ1v) is 8.53. The zero-order valence-electron chi connectivity index (χ0n) is 12.2. The SMILES string of the molecule is CC(C)C(NC1CCc2sc(Cl)cc21)c1ccc(F)cc1. The molecule has 1 heterocycles. The number of hydrogen-bond donors (Lipinski definition) is 1. The normalized spacial score (nSPS) is 19.0. The minimum absolute atomic E-state index is 0.186. The van der Waals surface area contributed by atoms with Gasteiger partial charge in [-0.1, -0.05) is 37.6 Å². The maximum Gasteiger partial charge on any atom is 0.123 e. The molecule has 112 valence electrons. The van der Waals surface area contributed by atoms with Crippen molar-refractivity contribution in [1.29, 1.82) is 0 Å². The molecule has 0 bridgehead atoms. The Morgan fingerprint density at radius 1 is 1.29 bits per heavy atom. The van der Waals surface area contributed by atoms with E-state index in [1.54, 1.807) is 11.3 Å². The fourth-order valence-corrected chi connectivity index (χ4v) is 4.42. The highest BCUT2D eigenvalue weighted by molar-refractivity contribution is 7.16. The number of fused-ring (bicyclic) bond motifs is 1. The highest BCUT2D eigenvalue weighted by atomic mass is 35.5. The molecule has 3 rings (SSSR count). The summed E-state index contributed by atoms with van der Waals surface area (Å²) in [6.45, 7) is 4.38. The lowest BCUT2D eigenvalue weighted by atomic mass is 9.94. The Balaban J connectivity index is 1.82. The molecule has 0 spiro atoms. The van der Waals surface area contributed by atoms with Crippen molar-refractivity contribution in [3.8, 4) is 0 Å². The van der Waals surface area contributed by atoms with Crippen LogP contribution >= 0.6 is 22.9 Å². The molecule has 21 heavy (non-hydrogen) atoms. The first kappa shape index (κ1) is 15.0. The summed E-state index contributed by atoms with van der Waals surface area (Å²) in [5.41, 5.74) is 2.49. The summed E-state index contributed by atoms with van der Waals surface area (Å²) in [5.74, 6) is 0.252. The third kappa shape index (κ3) is 3.15. The molecule has 1 nitrogen and oxygen atoms in total.